The van der Waals surface area contributed by atoms with Gasteiger partial charge >= 0.3 is 0 Å². The van der Waals surface area contributed by atoms with E-state index in [1.165, 1.54) is 0 Å². The van der Waals surface area contributed by atoms with E-state index in [0.29, 0.717) is 18.5 Å². The molecule has 5 heteroatoms. The monoisotopic (exact) mass is 296 g/mol. The Balaban J connectivity index is 2.17. The van der Waals surface area contributed by atoms with Crippen molar-refractivity contribution in [3.63, 3.8) is 0 Å². The van der Waals surface area contributed by atoms with E-state index in [9.17, 15) is 14.7 Å². The van der Waals surface area contributed by atoms with Gasteiger partial charge in [0.1, 0.15) is 0 Å². The maximum atomic E-state index is 11.8. The molecule has 0 aromatic heterocycles. The lowest BCUT2D eigenvalue weighted by Gasteiger charge is -2.17. The number of aryl methyl sites for hydroxylation is 1. The lowest BCUT2D eigenvalue weighted by molar-refractivity contribution is -0.311. The number of carboxylic acids is 1. The van der Waals surface area contributed by atoms with Gasteiger partial charge in [-0.1, -0.05) is 15.9 Å². The number of aliphatic carboxylic acids is 1. The van der Waals surface area contributed by atoms with Gasteiger partial charge in [-0.2, -0.15) is 0 Å². The first kappa shape index (κ1) is 12.1. The van der Waals surface area contributed by atoms with Crippen molar-refractivity contribution < 1.29 is 14.7 Å². The topological polar surface area (TPSA) is 69.2 Å². The number of hydrogen-bond acceptors (Lipinski definition) is 3. The first-order valence-electron chi connectivity index (χ1n) is 5.25. The predicted octanol–water partition coefficient (Wildman–Crippen LogP) is 1.23. The van der Waals surface area contributed by atoms with Crippen LogP contribution in [-0.4, -0.2) is 11.9 Å². The normalized spacial score (nSPS) is 16.4. The van der Waals surface area contributed by atoms with E-state index < -0.39 is 17.3 Å². The summed E-state index contributed by atoms with van der Waals surface area (Å²) in [4.78, 5) is 22.7. The number of halogens is 1. The molecule has 0 unspecified atom stereocenters. The minimum atomic E-state index is -1.31. The molecule has 0 radical (unpaired) electrons. The molecule has 0 saturated heterocycles. The van der Waals surface area contributed by atoms with Crippen molar-refractivity contribution in [1.29, 1.82) is 0 Å². The van der Waals surface area contributed by atoms with E-state index in [2.05, 4.69) is 21.2 Å². The van der Waals surface area contributed by atoms with Gasteiger partial charge in [-0.3, -0.25) is 4.79 Å². The van der Waals surface area contributed by atoms with Crippen LogP contribution in [0.2, 0.25) is 0 Å². The third kappa shape index (κ3) is 2.20. The van der Waals surface area contributed by atoms with Crippen molar-refractivity contribution in [3.8, 4) is 0 Å². The van der Waals surface area contributed by atoms with Crippen LogP contribution >= 0.6 is 15.9 Å². The summed E-state index contributed by atoms with van der Waals surface area (Å²) in [5, 5.41) is 13.5. The van der Waals surface area contributed by atoms with Crippen LogP contribution in [0, 0.1) is 12.3 Å². The summed E-state index contributed by atoms with van der Waals surface area (Å²) in [5.41, 5.74) is 0.201. The number of amides is 1. The largest absolute Gasteiger partial charge is 0.549 e. The Hall–Kier alpha value is -1.36. The first-order valence-corrected chi connectivity index (χ1v) is 6.04. The minimum Gasteiger partial charge on any atom is -0.549 e. The lowest BCUT2D eigenvalue weighted by atomic mass is 10.1. The van der Waals surface area contributed by atoms with Gasteiger partial charge in [0, 0.05) is 10.2 Å². The summed E-state index contributed by atoms with van der Waals surface area (Å²) < 4.78 is 0.911. The van der Waals surface area contributed by atoms with Crippen LogP contribution in [0.5, 0.6) is 0 Å². The number of anilines is 1. The minimum absolute atomic E-state index is 0.358. The fourth-order valence-electron chi connectivity index (χ4n) is 1.66. The Morgan fingerprint density at radius 3 is 2.53 bits per heavy atom. The van der Waals surface area contributed by atoms with E-state index in [1.54, 1.807) is 12.1 Å². The number of carboxylic acid groups (broad SMARTS) is 1. The summed E-state index contributed by atoms with van der Waals surface area (Å²) in [6.07, 6.45) is 0.716. The predicted molar refractivity (Wildman–Crippen MR) is 64.2 cm³/mol. The summed E-state index contributed by atoms with van der Waals surface area (Å²) in [7, 11) is 0. The van der Waals surface area contributed by atoms with Crippen LogP contribution in [-0.2, 0) is 9.59 Å². The average molecular weight is 297 g/mol. The van der Waals surface area contributed by atoms with E-state index in [1.807, 2.05) is 13.0 Å². The highest BCUT2D eigenvalue weighted by atomic mass is 79.9. The Kier molecular flexibility index (Phi) is 2.95. The fourth-order valence-corrected chi connectivity index (χ4v) is 2.13. The van der Waals surface area contributed by atoms with Crippen molar-refractivity contribution in [3.05, 3.63) is 28.2 Å². The lowest BCUT2D eigenvalue weighted by Crippen LogP contribution is -2.41. The van der Waals surface area contributed by atoms with Gasteiger partial charge in [0.25, 0.3) is 0 Å². The molecule has 17 heavy (non-hydrogen) atoms. The van der Waals surface area contributed by atoms with Gasteiger partial charge < -0.3 is 15.2 Å². The summed E-state index contributed by atoms with van der Waals surface area (Å²) in [6.45, 7) is 1.85. The third-order valence-corrected chi connectivity index (χ3v) is 3.51. The Labute approximate surface area is 107 Å². The molecule has 1 fully saturated rings. The zero-order valence-corrected chi connectivity index (χ0v) is 10.8. The smallest absolute Gasteiger partial charge is 0.236 e. The second-order valence-electron chi connectivity index (χ2n) is 4.28. The number of rotatable bonds is 3. The van der Waals surface area contributed by atoms with Crippen molar-refractivity contribution in [2.24, 2.45) is 5.41 Å². The first-order chi connectivity index (χ1) is 7.95. The summed E-state index contributed by atoms with van der Waals surface area (Å²) in [6, 6.07) is 5.39. The fraction of sp³-hybridized carbons (Fsp3) is 0.333. The van der Waals surface area contributed by atoms with E-state index in [0.717, 1.165) is 10.0 Å². The van der Waals surface area contributed by atoms with Crippen LogP contribution in [0.1, 0.15) is 18.4 Å². The molecule has 1 N–H and O–H groups in total. The molecule has 1 aliphatic rings. The van der Waals surface area contributed by atoms with E-state index in [4.69, 9.17) is 0 Å². The van der Waals surface area contributed by atoms with Gasteiger partial charge in [0.15, 0.2) is 0 Å². The Bertz CT molecular complexity index is 495. The molecule has 1 aromatic rings. The Morgan fingerprint density at radius 1 is 1.41 bits per heavy atom. The van der Waals surface area contributed by atoms with Crippen LogP contribution in [0.3, 0.4) is 0 Å². The number of hydrogen-bond donors (Lipinski definition) is 1. The summed E-state index contributed by atoms with van der Waals surface area (Å²) in [5.74, 6) is -1.77. The van der Waals surface area contributed by atoms with Crippen LogP contribution in [0.4, 0.5) is 5.69 Å². The molecule has 1 saturated carbocycles. The van der Waals surface area contributed by atoms with Crippen LogP contribution in [0.15, 0.2) is 22.7 Å². The molecule has 90 valence electrons. The van der Waals surface area contributed by atoms with E-state index in [-0.39, 0.29) is 0 Å². The molecule has 1 amide bonds. The molecular weight excluding hydrogens is 286 g/mol. The highest BCUT2D eigenvalue weighted by Crippen LogP contribution is 2.46. The molecule has 0 bridgehead atoms. The number of benzene rings is 1. The molecule has 0 atom stereocenters. The van der Waals surface area contributed by atoms with Crippen molar-refractivity contribution >= 4 is 33.5 Å². The zero-order valence-electron chi connectivity index (χ0n) is 9.25. The maximum Gasteiger partial charge on any atom is 0.236 e. The van der Waals surface area contributed by atoms with Gasteiger partial charge in [-0.05, 0) is 43.5 Å². The van der Waals surface area contributed by atoms with E-state index >= 15 is 0 Å². The molecular formula is C12H11BrNO3-. The number of nitrogens with one attached hydrogen (secondary N) is 1. The van der Waals surface area contributed by atoms with Gasteiger partial charge in [-0.15, -0.1) is 0 Å². The second kappa shape index (κ2) is 4.14. The molecule has 0 spiro atoms. The molecule has 0 aliphatic heterocycles. The van der Waals surface area contributed by atoms with Crippen LogP contribution < -0.4 is 10.4 Å². The number of carbonyl (C=O) groups excluding carboxylic acids is 2. The van der Waals surface area contributed by atoms with Crippen molar-refractivity contribution in [1.82, 2.24) is 0 Å². The maximum absolute atomic E-state index is 11.8. The Morgan fingerprint density at radius 2 is 2.06 bits per heavy atom. The van der Waals surface area contributed by atoms with Crippen molar-refractivity contribution in [2.45, 2.75) is 19.8 Å². The molecule has 4 nitrogen and oxygen atoms in total. The zero-order chi connectivity index (χ0) is 12.6. The van der Waals surface area contributed by atoms with Crippen molar-refractivity contribution in [2.75, 3.05) is 5.32 Å². The standard InChI is InChI=1S/C12H12BrNO3/c1-7-6-8(13)2-3-9(7)14-10(15)12(4-5-12)11(16)17/h2-3,6H,4-5H2,1H3,(H,14,15)(H,16,17)/p-1. The van der Waals surface area contributed by atoms with Gasteiger partial charge in [0.2, 0.25) is 5.91 Å². The summed E-state index contributed by atoms with van der Waals surface area (Å²) >= 11 is 3.32. The molecule has 2 rings (SSSR count). The number of carbonyl (C=O) groups is 2. The third-order valence-electron chi connectivity index (χ3n) is 3.01. The average Bonchev–Trinajstić information content (AvgIpc) is 3.02. The quantitative estimate of drug-likeness (QED) is 0.853. The van der Waals surface area contributed by atoms with Gasteiger partial charge in [-0.25, -0.2) is 0 Å². The molecule has 0 heterocycles. The van der Waals surface area contributed by atoms with Crippen LogP contribution in [0.25, 0.3) is 0 Å². The SMILES string of the molecule is Cc1cc(Br)ccc1NC(=O)C1(C(=O)[O-])CC1. The van der Waals surface area contributed by atoms with Gasteiger partial charge in [0.05, 0.1) is 11.4 Å². The molecule has 1 aromatic carbocycles. The molecule has 1 aliphatic carbocycles. The highest BCUT2D eigenvalue weighted by molar-refractivity contribution is 9.10. The highest BCUT2D eigenvalue weighted by Gasteiger charge is 2.51. The second-order valence-corrected chi connectivity index (χ2v) is 5.20.